The quantitative estimate of drug-likeness (QED) is 0.555. The second-order valence-corrected chi connectivity index (χ2v) is 4.14. The van der Waals surface area contributed by atoms with Crippen LogP contribution in [0.3, 0.4) is 0 Å². The Bertz CT molecular complexity index is 380. The molecular formula is C12H17BF3O2-. The first kappa shape index (κ1) is 14.9. The summed E-state index contributed by atoms with van der Waals surface area (Å²) in [5.74, 6) is 0.480. The van der Waals surface area contributed by atoms with E-state index in [0.717, 1.165) is 18.9 Å². The Hall–Kier alpha value is -1.17. The van der Waals surface area contributed by atoms with Gasteiger partial charge in [-0.05, 0) is 31.9 Å². The van der Waals surface area contributed by atoms with Gasteiger partial charge in [-0.25, -0.2) is 0 Å². The predicted molar refractivity (Wildman–Crippen MR) is 66.5 cm³/mol. The first-order chi connectivity index (χ1) is 8.45. The van der Waals surface area contributed by atoms with Crippen molar-refractivity contribution in [3.05, 3.63) is 23.8 Å². The van der Waals surface area contributed by atoms with Crippen molar-refractivity contribution in [2.75, 3.05) is 20.3 Å². The van der Waals surface area contributed by atoms with Gasteiger partial charge in [-0.1, -0.05) is 11.6 Å². The summed E-state index contributed by atoms with van der Waals surface area (Å²) in [5.41, 5.74) is -0.348. The van der Waals surface area contributed by atoms with E-state index in [-0.39, 0.29) is 5.56 Å². The molecule has 2 nitrogen and oxygen atoms in total. The number of unbranched alkanes of at least 4 members (excludes halogenated alkanes) is 1. The molecule has 0 aliphatic carbocycles. The molecule has 0 unspecified atom stereocenters. The summed E-state index contributed by atoms with van der Waals surface area (Å²) in [6, 6.07) is 3.88. The van der Waals surface area contributed by atoms with Crippen LogP contribution in [0.1, 0.15) is 18.4 Å². The summed E-state index contributed by atoms with van der Waals surface area (Å²) >= 11 is 0. The van der Waals surface area contributed by atoms with Gasteiger partial charge < -0.3 is 22.4 Å². The second kappa shape index (κ2) is 6.68. The number of aryl methyl sites for hydroxylation is 1. The van der Waals surface area contributed by atoms with E-state index in [1.54, 1.807) is 7.11 Å². The molecule has 0 atom stereocenters. The molecule has 0 N–H and O–H groups in total. The number of methoxy groups -OCH3 is 1. The lowest BCUT2D eigenvalue weighted by Crippen LogP contribution is -2.35. The van der Waals surface area contributed by atoms with E-state index in [1.807, 2.05) is 0 Å². The molecule has 0 bridgehead atoms. The van der Waals surface area contributed by atoms with Crippen molar-refractivity contribution in [3.63, 3.8) is 0 Å². The molecule has 0 aliphatic heterocycles. The molecule has 0 spiro atoms. The summed E-state index contributed by atoms with van der Waals surface area (Å²) in [4.78, 5) is 0. The van der Waals surface area contributed by atoms with Crippen LogP contribution in [0, 0.1) is 6.92 Å². The number of ether oxygens (including phenoxy) is 2. The molecule has 0 saturated carbocycles. The molecule has 6 heteroatoms. The zero-order valence-corrected chi connectivity index (χ0v) is 10.6. The van der Waals surface area contributed by atoms with Crippen molar-refractivity contribution in [2.45, 2.75) is 19.8 Å². The maximum Gasteiger partial charge on any atom is 0.509 e. The van der Waals surface area contributed by atoms with Gasteiger partial charge in [0, 0.05) is 13.7 Å². The van der Waals surface area contributed by atoms with E-state index in [2.05, 4.69) is 0 Å². The SMILES string of the molecule is COCCCCOc1ccc([B-](F)(F)F)c(C)c1. The number of hydrogen-bond donors (Lipinski definition) is 0. The fourth-order valence-corrected chi connectivity index (χ4v) is 1.64. The maximum atomic E-state index is 12.6. The van der Waals surface area contributed by atoms with E-state index in [9.17, 15) is 12.9 Å². The average molecular weight is 261 g/mol. The summed E-state index contributed by atoms with van der Waals surface area (Å²) in [7, 11) is 1.63. The van der Waals surface area contributed by atoms with Crippen LogP contribution in [-0.4, -0.2) is 27.3 Å². The van der Waals surface area contributed by atoms with Gasteiger partial charge >= 0.3 is 6.98 Å². The molecule has 1 rings (SSSR count). The van der Waals surface area contributed by atoms with Crippen LogP contribution in [0.2, 0.25) is 0 Å². The predicted octanol–water partition coefficient (Wildman–Crippen LogP) is 2.85. The maximum absolute atomic E-state index is 12.6. The largest absolute Gasteiger partial charge is 0.509 e. The van der Waals surface area contributed by atoms with E-state index in [0.29, 0.717) is 19.0 Å². The molecule has 0 fully saturated rings. The summed E-state index contributed by atoms with van der Waals surface area (Å²) < 4.78 is 48.0. The summed E-state index contributed by atoms with van der Waals surface area (Å²) in [6.45, 7) is -2.35. The third-order valence-corrected chi connectivity index (χ3v) is 2.61. The molecule has 0 heterocycles. The van der Waals surface area contributed by atoms with Gasteiger partial charge in [0.15, 0.2) is 0 Å². The lowest BCUT2D eigenvalue weighted by molar-refractivity contribution is 0.184. The first-order valence-corrected chi connectivity index (χ1v) is 5.87. The number of rotatable bonds is 7. The van der Waals surface area contributed by atoms with Crippen molar-refractivity contribution >= 4 is 12.4 Å². The number of hydrogen-bond acceptors (Lipinski definition) is 2. The highest BCUT2D eigenvalue weighted by atomic mass is 19.4. The molecule has 0 saturated heterocycles. The fraction of sp³-hybridized carbons (Fsp3) is 0.500. The first-order valence-electron chi connectivity index (χ1n) is 5.87. The second-order valence-electron chi connectivity index (χ2n) is 4.14. The highest BCUT2D eigenvalue weighted by molar-refractivity contribution is 6.74. The van der Waals surface area contributed by atoms with Crippen molar-refractivity contribution < 1.29 is 22.4 Å². The summed E-state index contributed by atoms with van der Waals surface area (Å²) in [5, 5.41) is 0. The Balaban J connectivity index is 2.52. The molecule has 1 aromatic carbocycles. The lowest BCUT2D eigenvalue weighted by atomic mass is 9.77. The van der Waals surface area contributed by atoms with Crippen molar-refractivity contribution in [3.8, 4) is 5.75 Å². The normalized spacial score (nSPS) is 11.6. The monoisotopic (exact) mass is 261 g/mol. The van der Waals surface area contributed by atoms with Gasteiger partial charge in [0.25, 0.3) is 0 Å². The molecule has 0 aliphatic rings. The zero-order chi connectivity index (χ0) is 13.6. The highest BCUT2D eigenvalue weighted by Gasteiger charge is 2.27. The average Bonchev–Trinajstić information content (AvgIpc) is 2.27. The molecular weight excluding hydrogens is 244 g/mol. The van der Waals surface area contributed by atoms with Crippen molar-refractivity contribution in [1.29, 1.82) is 0 Å². The van der Waals surface area contributed by atoms with Gasteiger partial charge in [-0.2, -0.15) is 0 Å². The Morgan fingerprint density at radius 1 is 1.11 bits per heavy atom. The van der Waals surface area contributed by atoms with Crippen LogP contribution >= 0.6 is 0 Å². The van der Waals surface area contributed by atoms with Crippen LogP contribution in [0.4, 0.5) is 12.9 Å². The zero-order valence-electron chi connectivity index (χ0n) is 10.6. The molecule has 102 valence electrons. The third kappa shape index (κ3) is 4.60. The van der Waals surface area contributed by atoms with Crippen LogP contribution in [0.5, 0.6) is 5.75 Å². The van der Waals surface area contributed by atoms with E-state index in [4.69, 9.17) is 9.47 Å². The topological polar surface area (TPSA) is 18.5 Å². The van der Waals surface area contributed by atoms with Gasteiger partial charge in [0.2, 0.25) is 0 Å². The van der Waals surface area contributed by atoms with E-state index >= 15 is 0 Å². The fourth-order valence-electron chi connectivity index (χ4n) is 1.64. The molecule has 0 radical (unpaired) electrons. The van der Waals surface area contributed by atoms with Crippen LogP contribution in [-0.2, 0) is 4.74 Å². The van der Waals surface area contributed by atoms with Crippen LogP contribution in [0.15, 0.2) is 18.2 Å². The molecule has 0 aromatic heterocycles. The van der Waals surface area contributed by atoms with E-state index < -0.39 is 12.4 Å². The summed E-state index contributed by atoms with van der Waals surface area (Å²) in [6.07, 6.45) is 1.69. The van der Waals surface area contributed by atoms with Gasteiger partial charge in [0.05, 0.1) is 6.61 Å². The minimum Gasteiger partial charge on any atom is -0.494 e. The number of halogens is 3. The molecule has 18 heavy (non-hydrogen) atoms. The number of benzene rings is 1. The Kier molecular flexibility index (Phi) is 5.53. The smallest absolute Gasteiger partial charge is 0.494 e. The van der Waals surface area contributed by atoms with Gasteiger partial charge in [-0.3, -0.25) is 0 Å². The van der Waals surface area contributed by atoms with Crippen LogP contribution < -0.4 is 10.2 Å². The van der Waals surface area contributed by atoms with Crippen molar-refractivity contribution in [1.82, 2.24) is 0 Å². The van der Waals surface area contributed by atoms with Crippen molar-refractivity contribution in [2.24, 2.45) is 0 Å². The highest BCUT2D eigenvalue weighted by Crippen LogP contribution is 2.17. The Morgan fingerprint density at radius 2 is 1.78 bits per heavy atom. The minimum atomic E-state index is -4.94. The Labute approximate surface area is 105 Å². The molecule has 1 aromatic rings. The van der Waals surface area contributed by atoms with Crippen LogP contribution in [0.25, 0.3) is 0 Å². The third-order valence-electron chi connectivity index (χ3n) is 2.61. The van der Waals surface area contributed by atoms with E-state index in [1.165, 1.54) is 19.1 Å². The molecule has 0 amide bonds. The standard InChI is InChI=1S/C12H17BF3O2/c1-10-9-11(18-8-4-3-7-17-2)5-6-12(10)13(14,15)16/h5-6,9H,3-4,7-8H2,1-2H3/q-1. The van der Waals surface area contributed by atoms with Gasteiger partial charge in [0.1, 0.15) is 5.75 Å². The Morgan fingerprint density at radius 3 is 2.33 bits per heavy atom. The lowest BCUT2D eigenvalue weighted by Gasteiger charge is -2.18. The van der Waals surface area contributed by atoms with Gasteiger partial charge in [-0.15, -0.1) is 5.46 Å². The minimum absolute atomic E-state index is 0.205.